The van der Waals surface area contributed by atoms with E-state index in [9.17, 15) is 9.18 Å². The molecule has 1 saturated heterocycles. The molecule has 1 aromatic heterocycles. The van der Waals surface area contributed by atoms with Crippen LogP contribution in [-0.2, 0) is 7.05 Å². The summed E-state index contributed by atoms with van der Waals surface area (Å²) in [5.74, 6) is 0.844. The van der Waals surface area contributed by atoms with Crippen LogP contribution in [0.4, 0.5) is 4.39 Å². The van der Waals surface area contributed by atoms with Crippen molar-refractivity contribution >= 4 is 17.7 Å². The summed E-state index contributed by atoms with van der Waals surface area (Å²) >= 11 is 1.70. The van der Waals surface area contributed by atoms with Gasteiger partial charge in [-0.3, -0.25) is 9.48 Å². The first-order valence-corrected chi connectivity index (χ1v) is 8.88. The molecule has 1 atom stereocenters. The van der Waals surface area contributed by atoms with Crippen LogP contribution in [0.3, 0.4) is 0 Å². The Balaban J connectivity index is 1.73. The normalized spacial score (nSPS) is 18.3. The van der Waals surface area contributed by atoms with Gasteiger partial charge in [0.1, 0.15) is 11.4 Å². The van der Waals surface area contributed by atoms with Gasteiger partial charge in [-0.1, -0.05) is 18.2 Å². The van der Waals surface area contributed by atoms with Gasteiger partial charge < -0.3 is 9.64 Å². The number of carbonyl (C=O) groups excluding carboxylic acids is 1. The molecule has 1 aromatic carbocycles. The zero-order valence-corrected chi connectivity index (χ0v) is 14.6. The van der Waals surface area contributed by atoms with E-state index in [0.29, 0.717) is 24.5 Å². The van der Waals surface area contributed by atoms with E-state index < -0.39 is 0 Å². The second kappa shape index (κ2) is 7.25. The quantitative estimate of drug-likeness (QED) is 0.855. The van der Waals surface area contributed by atoms with Crippen LogP contribution in [0.2, 0.25) is 0 Å². The maximum atomic E-state index is 14.0. The van der Waals surface area contributed by atoms with E-state index in [0.717, 1.165) is 17.7 Å². The summed E-state index contributed by atoms with van der Waals surface area (Å²) in [5.41, 5.74) is 1.19. The lowest BCUT2D eigenvalue weighted by Gasteiger charge is -2.20. The zero-order valence-electron chi connectivity index (χ0n) is 13.7. The molecule has 2 heterocycles. The maximum Gasteiger partial charge on any atom is 0.261 e. The lowest BCUT2D eigenvalue weighted by atomic mass is 10.1. The van der Waals surface area contributed by atoms with Gasteiger partial charge in [-0.15, -0.1) is 5.10 Å². The molecule has 0 N–H and O–H groups in total. The van der Waals surface area contributed by atoms with Crippen LogP contribution < -0.4 is 4.74 Å². The number of hydrogen-bond donors (Lipinski definition) is 0. The second-order valence-electron chi connectivity index (χ2n) is 5.69. The van der Waals surface area contributed by atoms with Crippen molar-refractivity contribution in [1.29, 1.82) is 0 Å². The number of nitrogens with zero attached hydrogens (tertiary/aromatic N) is 3. The van der Waals surface area contributed by atoms with E-state index >= 15 is 0 Å². The summed E-state index contributed by atoms with van der Waals surface area (Å²) in [6.45, 7) is 1.22. The minimum Gasteiger partial charge on any atom is -0.479 e. The van der Waals surface area contributed by atoms with E-state index in [-0.39, 0.29) is 17.0 Å². The predicted molar refractivity (Wildman–Crippen MR) is 91.9 cm³/mol. The number of thioether (sulfide) groups is 1. The molecular formula is C17H20FN3O2S. The third-order valence-electron chi connectivity index (χ3n) is 4.10. The third kappa shape index (κ3) is 3.40. The Bertz CT molecular complexity index is 734. The van der Waals surface area contributed by atoms with Crippen LogP contribution in [0, 0.1) is 5.82 Å². The summed E-state index contributed by atoms with van der Waals surface area (Å²) < 4.78 is 20.8. The van der Waals surface area contributed by atoms with E-state index in [4.69, 9.17) is 4.74 Å². The topological polar surface area (TPSA) is 47.4 Å². The zero-order chi connectivity index (χ0) is 17.1. The van der Waals surface area contributed by atoms with Crippen molar-refractivity contribution in [3.8, 4) is 5.88 Å². The highest BCUT2D eigenvalue weighted by Gasteiger charge is 2.27. The lowest BCUT2D eigenvalue weighted by Crippen LogP contribution is -2.33. The lowest BCUT2D eigenvalue weighted by molar-refractivity contribution is 0.0763. The molecule has 1 fully saturated rings. The minimum atomic E-state index is -0.177. The summed E-state index contributed by atoms with van der Waals surface area (Å²) in [7, 11) is 3.26. The number of halogens is 1. The molecule has 2 aromatic rings. The maximum absolute atomic E-state index is 14.0. The smallest absolute Gasteiger partial charge is 0.261 e. The highest BCUT2D eigenvalue weighted by atomic mass is 32.2. The SMILES string of the molecule is COc1nn(C)cc1C(=O)N1CCS[C@H](c2ccccc2F)CC1. The van der Waals surface area contributed by atoms with Crippen molar-refractivity contribution in [1.82, 2.24) is 14.7 Å². The number of carbonyl (C=O) groups is 1. The minimum absolute atomic E-state index is 0.0693. The molecule has 0 spiro atoms. The van der Waals surface area contributed by atoms with Crippen molar-refractivity contribution in [3.05, 3.63) is 47.4 Å². The molecule has 1 aliphatic heterocycles. The van der Waals surface area contributed by atoms with Gasteiger partial charge in [0.05, 0.1) is 7.11 Å². The monoisotopic (exact) mass is 349 g/mol. The molecule has 128 valence electrons. The fourth-order valence-corrected chi connectivity index (χ4v) is 4.15. The molecule has 0 bridgehead atoms. The van der Waals surface area contributed by atoms with Gasteiger partial charge in [0.15, 0.2) is 0 Å². The van der Waals surface area contributed by atoms with Crippen molar-refractivity contribution in [2.75, 3.05) is 26.0 Å². The van der Waals surface area contributed by atoms with E-state index in [2.05, 4.69) is 5.10 Å². The molecule has 0 unspecified atom stereocenters. The summed E-state index contributed by atoms with van der Waals surface area (Å²) in [6.07, 6.45) is 2.40. The predicted octanol–water partition coefficient (Wildman–Crippen LogP) is 2.89. The first kappa shape index (κ1) is 16.8. The number of hydrogen-bond acceptors (Lipinski definition) is 4. The fourth-order valence-electron chi connectivity index (χ4n) is 2.89. The van der Waals surface area contributed by atoms with E-state index in [1.807, 2.05) is 12.1 Å². The fraction of sp³-hybridized carbons (Fsp3) is 0.412. The molecule has 1 amide bonds. The molecule has 0 radical (unpaired) electrons. The number of rotatable bonds is 3. The number of methoxy groups -OCH3 is 1. The average molecular weight is 349 g/mol. The standard InChI is InChI=1S/C17H20FN3O2S/c1-20-11-13(16(19-20)23-2)17(22)21-8-7-15(24-10-9-21)12-5-3-4-6-14(12)18/h3-6,11,15H,7-10H2,1-2H3/t15-/m0/s1. The van der Waals surface area contributed by atoms with Gasteiger partial charge in [0.2, 0.25) is 5.88 Å². The van der Waals surface area contributed by atoms with Gasteiger partial charge in [-0.2, -0.15) is 11.8 Å². The number of aromatic nitrogens is 2. The molecule has 1 aliphatic rings. The van der Waals surface area contributed by atoms with E-state index in [1.54, 1.807) is 40.7 Å². The molecule has 7 heteroatoms. The Labute approximate surface area is 144 Å². The van der Waals surface area contributed by atoms with Crippen molar-refractivity contribution < 1.29 is 13.9 Å². The Kier molecular flexibility index (Phi) is 5.08. The molecule has 0 aliphatic carbocycles. The Morgan fingerprint density at radius 3 is 2.92 bits per heavy atom. The molecule has 3 rings (SSSR count). The first-order valence-electron chi connectivity index (χ1n) is 7.83. The summed E-state index contributed by atoms with van der Waals surface area (Å²) in [4.78, 5) is 14.6. The second-order valence-corrected chi connectivity index (χ2v) is 7.00. The van der Waals surface area contributed by atoms with Crippen LogP contribution in [0.5, 0.6) is 5.88 Å². The largest absolute Gasteiger partial charge is 0.479 e. The number of benzene rings is 1. The first-order chi connectivity index (χ1) is 11.6. The van der Waals surface area contributed by atoms with Gasteiger partial charge >= 0.3 is 0 Å². The van der Waals surface area contributed by atoms with Gasteiger partial charge in [-0.05, 0) is 12.5 Å². The van der Waals surface area contributed by atoms with Gasteiger partial charge in [0.25, 0.3) is 5.91 Å². The van der Waals surface area contributed by atoms with Crippen molar-refractivity contribution in [2.45, 2.75) is 11.7 Å². The highest BCUT2D eigenvalue weighted by molar-refractivity contribution is 7.99. The molecule has 5 nitrogen and oxygen atoms in total. The number of amides is 1. The molecule has 0 saturated carbocycles. The van der Waals surface area contributed by atoms with Crippen LogP contribution >= 0.6 is 11.8 Å². The van der Waals surface area contributed by atoms with Gasteiger partial charge in [0, 0.05) is 42.9 Å². The Morgan fingerprint density at radius 1 is 1.38 bits per heavy atom. The number of aryl methyl sites for hydroxylation is 1. The average Bonchev–Trinajstić information content (AvgIpc) is 2.80. The molecular weight excluding hydrogens is 329 g/mol. The summed E-state index contributed by atoms with van der Waals surface area (Å²) in [5, 5.41) is 4.20. The van der Waals surface area contributed by atoms with Crippen LogP contribution in [0.25, 0.3) is 0 Å². The van der Waals surface area contributed by atoms with Crippen molar-refractivity contribution in [3.63, 3.8) is 0 Å². The Hall–Kier alpha value is -2.02. The van der Waals surface area contributed by atoms with Crippen molar-refractivity contribution in [2.24, 2.45) is 7.05 Å². The molecule has 24 heavy (non-hydrogen) atoms. The highest BCUT2D eigenvalue weighted by Crippen LogP contribution is 2.36. The van der Waals surface area contributed by atoms with E-state index in [1.165, 1.54) is 13.2 Å². The van der Waals surface area contributed by atoms with Crippen LogP contribution in [-0.4, -0.2) is 46.5 Å². The summed E-state index contributed by atoms with van der Waals surface area (Å²) in [6, 6.07) is 6.87. The Morgan fingerprint density at radius 2 is 2.17 bits per heavy atom. The third-order valence-corrected chi connectivity index (χ3v) is 5.41. The van der Waals surface area contributed by atoms with Crippen LogP contribution in [0.1, 0.15) is 27.6 Å². The van der Waals surface area contributed by atoms with Gasteiger partial charge in [-0.25, -0.2) is 4.39 Å². The number of ether oxygens (including phenoxy) is 1. The van der Waals surface area contributed by atoms with Crippen LogP contribution in [0.15, 0.2) is 30.5 Å².